The Labute approximate surface area is 127 Å². The predicted molar refractivity (Wildman–Crippen MR) is 71.2 cm³/mol. The van der Waals surface area contributed by atoms with Gasteiger partial charge in [-0.25, -0.2) is 8.98 Å². The molecule has 0 saturated carbocycles. The van der Waals surface area contributed by atoms with Gasteiger partial charge in [0.1, 0.15) is 5.60 Å². The Morgan fingerprint density at radius 2 is 1.77 bits per heavy atom. The molecule has 1 heterocycles. The Balaban J connectivity index is 3.08. The van der Waals surface area contributed by atoms with E-state index in [4.69, 9.17) is 4.74 Å². The van der Waals surface area contributed by atoms with Crippen molar-refractivity contribution in [1.29, 1.82) is 0 Å². The molecule has 0 aromatic heterocycles. The standard InChI is InChI=1S/C12H18F3NO5S/c1-10(2,3)20-9(17)16-8-6-5-7-11(16,4)21-22(18,19)12(13,14)15/h5-6H,7-8H2,1-4H3. The van der Waals surface area contributed by atoms with Gasteiger partial charge in [-0.3, -0.25) is 4.90 Å². The van der Waals surface area contributed by atoms with Gasteiger partial charge < -0.3 is 4.74 Å². The maximum absolute atomic E-state index is 12.5. The summed E-state index contributed by atoms with van der Waals surface area (Å²) in [5.41, 5.74) is -8.47. The Kier molecular flexibility index (Phi) is 4.88. The Bertz CT molecular complexity index is 564. The number of hydrogen-bond donors (Lipinski definition) is 0. The van der Waals surface area contributed by atoms with Crippen molar-refractivity contribution >= 4 is 16.2 Å². The molecule has 1 aliphatic heterocycles. The number of alkyl halides is 3. The molecule has 1 rings (SSSR count). The van der Waals surface area contributed by atoms with Crippen molar-refractivity contribution in [3.05, 3.63) is 12.2 Å². The molecule has 1 amide bonds. The minimum Gasteiger partial charge on any atom is -0.444 e. The summed E-state index contributed by atoms with van der Waals surface area (Å²) in [5, 5.41) is 0. The Morgan fingerprint density at radius 3 is 2.23 bits per heavy atom. The molecule has 1 unspecified atom stereocenters. The highest BCUT2D eigenvalue weighted by atomic mass is 32.2. The molecule has 22 heavy (non-hydrogen) atoms. The lowest BCUT2D eigenvalue weighted by Crippen LogP contribution is -2.56. The largest absolute Gasteiger partial charge is 0.523 e. The molecule has 0 fully saturated rings. The molecule has 0 N–H and O–H groups in total. The van der Waals surface area contributed by atoms with Crippen LogP contribution in [0.3, 0.4) is 0 Å². The smallest absolute Gasteiger partial charge is 0.444 e. The summed E-state index contributed by atoms with van der Waals surface area (Å²) in [4.78, 5) is 12.9. The fourth-order valence-electron chi connectivity index (χ4n) is 1.73. The van der Waals surface area contributed by atoms with Crippen molar-refractivity contribution in [3.63, 3.8) is 0 Å². The molecule has 1 atom stereocenters. The van der Waals surface area contributed by atoms with E-state index >= 15 is 0 Å². The summed E-state index contributed by atoms with van der Waals surface area (Å²) < 4.78 is 69.3. The normalized spacial score (nSPS) is 23.5. The lowest BCUT2D eigenvalue weighted by Gasteiger charge is -2.41. The fourth-order valence-corrected chi connectivity index (χ4v) is 2.46. The van der Waals surface area contributed by atoms with E-state index < -0.39 is 33.0 Å². The third kappa shape index (κ3) is 4.35. The first-order valence-corrected chi connectivity index (χ1v) is 7.76. The summed E-state index contributed by atoms with van der Waals surface area (Å²) >= 11 is 0. The van der Waals surface area contributed by atoms with E-state index in [1.165, 1.54) is 12.2 Å². The van der Waals surface area contributed by atoms with Crippen LogP contribution in [0.15, 0.2) is 12.2 Å². The highest BCUT2D eigenvalue weighted by Gasteiger charge is 2.53. The van der Waals surface area contributed by atoms with E-state index in [1.807, 2.05) is 0 Å². The summed E-state index contributed by atoms with van der Waals surface area (Å²) in [6.07, 6.45) is 1.76. The Morgan fingerprint density at radius 1 is 1.23 bits per heavy atom. The van der Waals surface area contributed by atoms with Crippen molar-refractivity contribution in [2.75, 3.05) is 6.54 Å². The first-order chi connectivity index (χ1) is 9.68. The number of nitrogens with zero attached hydrogens (tertiary/aromatic N) is 1. The van der Waals surface area contributed by atoms with Crippen LogP contribution in [0.5, 0.6) is 0 Å². The van der Waals surface area contributed by atoms with E-state index in [-0.39, 0.29) is 13.0 Å². The van der Waals surface area contributed by atoms with Crippen LogP contribution in [0, 0.1) is 0 Å². The molecule has 0 bridgehead atoms. The fraction of sp³-hybridized carbons (Fsp3) is 0.750. The summed E-state index contributed by atoms with van der Waals surface area (Å²) in [5.74, 6) is 0. The second-order valence-corrected chi connectivity index (χ2v) is 7.46. The Hall–Kier alpha value is -1.29. The molecule has 128 valence electrons. The van der Waals surface area contributed by atoms with Crippen molar-refractivity contribution in [2.45, 2.75) is 51.0 Å². The molecule has 0 spiro atoms. The average Bonchev–Trinajstić information content (AvgIpc) is 2.23. The van der Waals surface area contributed by atoms with Crippen LogP contribution in [0.2, 0.25) is 0 Å². The van der Waals surface area contributed by atoms with Crippen LogP contribution in [0.25, 0.3) is 0 Å². The molecule has 0 aliphatic carbocycles. The monoisotopic (exact) mass is 345 g/mol. The molecule has 0 aromatic rings. The van der Waals surface area contributed by atoms with Gasteiger partial charge in [0, 0.05) is 13.0 Å². The van der Waals surface area contributed by atoms with Gasteiger partial charge in [-0.1, -0.05) is 12.2 Å². The number of amides is 1. The summed E-state index contributed by atoms with van der Waals surface area (Å²) in [6, 6.07) is 0. The topological polar surface area (TPSA) is 72.9 Å². The minimum atomic E-state index is -5.85. The van der Waals surface area contributed by atoms with Gasteiger partial charge in [0.05, 0.1) is 0 Å². The zero-order valence-electron chi connectivity index (χ0n) is 12.6. The number of rotatable bonds is 2. The van der Waals surface area contributed by atoms with Crippen LogP contribution in [-0.2, 0) is 19.0 Å². The van der Waals surface area contributed by atoms with Crippen molar-refractivity contribution in [2.24, 2.45) is 0 Å². The maximum atomic E-state index is 12.5. The van der Waals surface area contributed by atoms with Crippen LogP contribution in [-0.4, -0.2) is 42.8 Å². The molecule has 6 nitrogen and oxygen atoms in total. The van der Waals surface area contributed by atoms with Crippen molar-refractivity contribution in [3.8, 4) is 0 Å². The average molecular weight is 345 g/mol. The molecular formula is C12H18F3NO5S. The second kappa shape index (κ2) is 5.73. The second-order valence-electron chi connectivity index (χ2n) is 5.92. The molecule has 10 heteroatoms. The van der Waals surface area contributed by atoms with Crippen LogP contribution < -0.4 is 0 Å². The highest BCUT2D eigenvalue weighted by molar-refractivity contribution is 7.87. The van der Waals surface area contributed by atoms with Crippen molar-refractivity contribution < 1.29 is 35.3 Å². The first kappa shape index (κ1) is 18.8. The maximum Gasteiger partial charge on any atom is 0.523 e. The zero-order valence-corrected chi connectivity index (χ0v) is 13.4. The molecule has 0 aromatic carbocycles. The number of carbonyl (C=O) groups is 1. The quantitative estimate of drug-likeness (QED) is 0.437. The van der Waals surface area contributed by atoms with Gasteiger partial charge in [0.2, 0.25) is 0 Å². The van der Waals surface area contributed by atoms with Gasteiger partial charge in [0.15, 0.2) is 5.72 Å². The van der Waals surface area contributed by atoms with E-state index in [2.05, 4.69) is 4.18 Å². The van der Waals surface area contributed by atoms with Gasteiger partial charge in [-0.2, -0.15) is 21.6 Å². The van der Waals surface area contributed by atoms with Crippen LogP contribution in [0.1, 0.15) is 34.1 Å². The van der Waals surface area contributed by atoms with E-state index in [0.29, 0.717) is 0 Å². The first-order valence-electron chi connectivity index (χ1n) is 6.35. The highest BCUT2D eigenvalue weighted by Crippen LogP contribution is 2.34. The predicted octanol–water partition coefficient (Wildman–Crippen LogP) is 2.77. The van der Waals surface area contributed by atoms with Gasteiger partial charge in [-0.15, -0.1) is 0 Å². The summed E-state index contributed by atoms with van der Waals surface area (Å²) in [6.45, 7) is 5.70. The van der Waals surface area contributed by atoms with Crippen LogP contribution >= 0.6 is 0 Å². The number of hydrogen-bond acceptors (Lipinski definition) is 5. The van der Waals surface area contributed by atoms with Crippen molar-refractivity contribution in [1.82, 2.24) is 4.90 Å². The lowest BCUT2D eigenvalue weighted by molar-refractivity contribution is -0.0994. The van der Waals surface area contributed by atoms with Crippen LogP contribution in [0.4, 0.5) is 18.0 Å². The van der Waals surface area contributed by atoms with Gasteiger partial charge in [-0.05, 0) is 27.7 Å². The van der Waals surface area contributed by atoms with E-state index in [0.717, 1.165) is 11.8 Å². The number of carbonyl (C=O) groups excluding carboxylic acids is 1. The molecule has 1 aliphatic rings. The zero-order chi connectivity index (χ0) is 17.4. The lowest BCUT2D eigenvalue weighted by atomic mass is 10.1. The molecular weight excluding hydrogens is 327 g/mol. The molecule has 0 radical (unpaired) electrons. The third-order valence-electron chi connectivity index (χ3n) is 2.71. The summed E-state index contributed by atoms with van der Waals surface area (Å²) in [7, 11) is -5.85. The van der Waals surface area contributed by atoms with Gasteiger partial charge >= 0.3 is 21.7 Å². The SMILES string of the molecule is CC(C)(C)OC(=O)N1CC=CCC1(C)OS(=O)(=O)C(F)(F)F. The minimum absolute atomic E-state index is 0.126. The number of halogens is 3. The third-order valence-corrected chi connectivity index (χ3v) is 3.85. The molecule has 0 saturated heterocycles. The van der Waals surface area contributed by atoms with Gasteiger partial charge in [0.25, 0.3) is 0 Å². The van der Waals surface area contributed by atoms with E-state index in [1.54, 1.807) is 20.8 Å². The number of ether oxygens (including phenoxy) is 1. The van der Waals surface area contributed by atoms with E-state index in [9.17, 15) is 26.4 Å².